The lowest BCUT2D eigenvalue weighted by atomic mass is 10.1. The lowest BCUT2D eigenvalue weighted by molar-refractivity contribution is -0.122. The van der Waals surface area contributed by atoms with E-state index in [4.69, 9.17) is 14.2 Å². The molecule has 160 valence electrons. The van der Waals surface area contributed by atoms with Gasteiger partial charge in [0, 0.05) is 5.39 Å². The number of fused-ring (bicyclic) bond motifs is 1. The fraction of sp³-hybridized carbons (Fsp3) is 0.208. The van der Waals surface area contributed by atoms with Gasteiger partial charge in [-0.1, -0.05) is 43.3 Å². The molecule has 0 heterocycles. The standard InChI is InChI=1S/C24H23NO6/c1-4-20(31-21-11-7-9-15-8-5-6-10-17(15)21)22(26)25-19-14-16(23(27)29-2)12-13-18(19)24(28)30-3/h5-14,20H,4H2,1-3H3,(H,25,26)/t20-/m1/s1. The molecule has 0 aliphatic rings. The van der Waals surface area contributed by atoms with Gasteiger partial charge in [0.05, 0.1) is 31.0 Å². The number of carbonyl (C=O) groups excluding carboxylic acids is 3. The van der Waals surface area contributed by atoms with Crippen LogP contribution in [0.3, 0.4) is 0 Å². The number of amides is 1. The number of benzene rings is 3. The van der Waals surface area contributed by atoms with Crippen LogP contribution in [0.5, 0.6) is 5.75 Å². The van der Waals surface area contributed by atoms with Gasteiger partial charge in [-0.2, -0.15) is 0 Å². The normalized spacial score (nSPS) is 11.5. The van der Waals surface area contributed by atoms with E-state index in [9.17, 15) is 14.4 Å². The Labute approximate surface area is 179 Å². The summed E-state index contributed by atoms with van der Waals surface area (Å²) in [7, 11) is 2.49. The molecule has 1 amide bonds. The Bertz CT molecular complexity index is 1120. The third kappa shape index (κ3) is 4.83. The largest absolute Gasteiger partial charge is 0.480 e. The topological polar surface area (TPSA) is 90.9 Å². The average molecular weight is 421 g/mol. The van der Waals surface area contributed by atoms with Crippen molar-refractivity contribution in [3.05, 3.63) is 71.8 Å². The van der Waals surface area contributed by atoms with E-state index in [1.165, 1.54) is 32.4 Å². The number of carbonyl (C=O) groups is 3. The van der Waals surface area contributed by atoms with Crippen molar-refractivity contribution < 1.29 is 28.6 Å². The molecule has 3 aromatic rings. The van der Waals surface area contributed by atoms with Crippen LogP contribution in [0, 0.1) is 0 Å². The first-order chi connectivity index (χ1) is 15.0. The van der Waals surface area contributed by atoms with Crippen molar-refractivity contribution in [1.29, 1.82) is 0 Å². The maximum Gasteiger partial charge on any atom is 0.339 e. The fourth-order valence-corrected chi connectivity index (χ4v) is 3.17. The summed E-state index contributed by atoms with van der Waals surface area (Å²) in [6.45, 7) is 1.82. The number of anilines is 1. The third-order valence-corrected chi connectivity index (χ3v) is 4.79. The summed E-state index contributed by atoms with van der Waals surface area (Å²) >= 11 is 0. The molecule has 1 N–H and O–H groups in total. The Balaban J connectivity index is 1.89. The Morgan fingerprint density at radius 2 is 1.61 bits per heavy atom. The molecule has 0 bridgehead atoms. The van der Waals surface area contributed by atoms with Gasteiger partial charge in [-0.3, -0.25) is 4.79 Å². The summed E-state index contributed by atoms with van der Waals surface area (Å²) in [5, 5.41) is 4.57. The SMILES string of the molecule is CC[C@@H](Oc1cccc2ccccc12)C(=O)Nc1cc(C(=O)OC)ccc1C(=O)OC. The molecule has 0 radical (unpaired) electrons. The summed E-state index contributed by atoms with van der Waals surface area (Å²) < 4.78 is 15.5. The first kappa shape index (κ1) is 21.8. The van der Waals surface area contributed by atoms with Crippen LogP contribution in [0.2, 0.25) is 0 Å². The second-order valence-electron chi connectivity index (χ2n) is 6.72. The lowest BCUT2D eigenvalue weighted by Gasteiger charge is -2.19. The zero-order valence-corrected chi connectivity index (χ0v) is 17.5. The molecule has 31 heavy (non-hydrogen) atoms. The molecular weight excluding hydrogens is 398 g/mol. The quantitative estimate of drug-likeness (QED) is 0.575. The summed E-state index contributed by atoms with van der Waals surface area (Å²) in [4.78, 5) is 37.0. The van der Waals surface area contributed by atoms with E-state index in [-0.39, 0.29) is 16.8 Å². The van der Waals surface area contributed by atoms with E-state index < -0.39 is 23.9 Å². The van der Waals surface area contributed by atoms with Crippen molar-refractivity contribution in [3.8, 4) is 5.75 Å². The Morgan fingerprint density at radius 3 is 2.32 bits per heavy atom. The zero-order chi connectivity index (χ0) is 22.4. The predicted molar refractivity (Wildman–Crippen MR) is 116 cm³/mol. The maximum absolute atomic E-state index is 13.0. The van der Waals surface area contributed by atoms with Gasteiger partial charge in [-0.25, -0.2) is 9.59 Å². The number of hydrogen-bond acceptors (Lipinski definition) is 6. The van der Waals surface area contributed by atoms with Gasteiger partial charge in [-0.05, 0) is 36.1 Å². The monoisotopic (exact) mass is 421 g/mol. The third-order valence-electron chi connectivity index (χ3n) is 4.79. The van der Waals surface area contributed by atoms with Gasteiger partial charge in [-0.15, -0.1) is 0 Å². The Kier molecular flexibility index (Phi) is 6.87. The molecule has 0 spiro atoms. The fourth-order valence-electron chi connectivity index (χ4n) is 3.17. The molecule has 0 aliphatic carbocycles. The van der Waals surface area contributed by atoms with Crippen molar-refractivity contribution in [1.82, 2.24) is 0 Å². The van der Waals surface area contributed by atoms with Crippen molar-refractivity contribution in [3.63, 3.8) is 0 Å². The van der Waals surface area contributed by atoms with Crippen molar-refractivity contribution in [2.75, 3.05) is 19.5 Å². The molecule has 0 unspecified atom stereocenters. The molecule has 0 aliphatic heterocycles. The minimum atomic E-state index is -0.821. The second kappa shape index (κ2) is 9.75. The smallest absolute Gasteiger partial charge is 0.339 e. The van der Waals surface area contributed by atoms with Gasteiger partial charge < -0.3 is 19.5 Å². The number of rotatable bonds is 7. The van der Waals surface area contributed by atoms with Crippen LogP contribution in [0.4, 0.5) is 5.69 Å². The van der Waals surface area contributed by atoms with Gasteiger partial charge >= 0.3 is 11.9 Å². The van der Waals surface area contributed by atoms with E-state index in [1.54, 1.807) is 6.07 Å². The van der Waals surface area contributed by atoms with Crippen molar-refractivity contribution in [2.24, 2.45) is 0 Å². The zero-order valence-electron chi connectivity index (χ0n) is 17.5. The minimum absolute atomic E-state index is 0.114. The summed E-state index contributed by atoms with van der Waals surface area (Å²) in [6, 6.07) is 17.5. The van der Waals surface area contributed by atoms with Gasteiger partial charge in [0.25, 0.3) is 5.91 Å². The van der Waals surface area contributed by atoms with Gasteiger partial charge in [0.2, 0.25) is 0 Å². The van der Waals surface area contributed by atoms with Crippen molar-refractivity contribution in [2.45, 2.75) is 19.4 Å². The van der Waals surface area contributed by atoms with Gasteiger partial charge in [0.1, 0.15) is 5.75 Å². The van der Waals surface area contributed by atoms with E-state index >= 15 is 0 Å². The van der Waals surface area contributed by atoms with Gasteiger partial charge in [0.15, 0.2) is 6.10 Å². The molecule has 3 aromatic carbocycles. The van der Waals surface area contributed by atoms with Crippen LogP contribution in [-0.2, 0) is 14.3 Å². The molecule has 1 atom stereocenters. The molecular formula is C24H23NO6. The van der Waals surface area contributed by atoms with E-state index in [0.717, 1.165) is 10.8 Å². The average Bonchev–Trinajstić information content (AvgIpc) is 2.81. The van der Waals surface area contributed by atoms with Crippen LogP contribution >= 0.6 is 0 Å². The van der Waals surface area contributed by atoms with E-state index in [1.807, 2.05) is 43.3 Å². The summed E-state index contributed by atoms with van der Waals surface area (Å²) in [5.74, 6) is -1.11. The Morgan fingerprint density at radius 1 is 0.903 bits per heavy atom. The lowest BCUT2D eigenvalue weighted by Crippen LogP contribution is -2.33. The summed E-state index contributed by atoms with van der Waals surface area (Å²) in [6.07, 6.45) is -0.433. The molecule has 3 rings (SSSR count). The highest BCUT2D eigenvalue weighted by molar-refractivity contribution is 6.04. The second-order valence-corrected chi connectivity index (χ2v) is 6.72. The first-order valence-electron chi connectivity index (χ1n) is 9.74. The van der Waals surface area contributed by atoms with E-state index in [0.29, 0.717) is 12.2 Å². The number of methoxy groups -OCH3 is 2. The molecule has 7 nitrogen and oxygen atoms in total. The molecule has 0 aromatic heterocycles. The number of hydrogen-bond donors (Lipinski definition) is 1. The highest BCUT2D eigenvalue weighted by atomic mass is 16.5. The van der Waals surface area contributed by atoms with Crippen LogP contribution in [0.25, 0.3) is 10.8 Å². The number of esters is 2. The predicted octanol–water partition coefficient (Wildman–Crippen LogP) is 4.21. The maximum atomic E-state index is 13.0. The first-order valence-corrected chi connectivity index (χ1v) is 9.74. The van der Waals surface area contributed by atoms with Crippen LogP contribution in [-0.4, -0.2) is 38.2 Å². The highest BCUT2D eigenvalue weighted by Crippen LogP contribution is 2.27. The molecule has 7 heteroatoms. The number of ether oxygens (including phenoxy) is 3. The Hall–Kier alpha value is -3.87. The highest BCUT2D eigenvalue weighted by Gasteiger charge is 2.23. The van der Waals surface area contributed by atoms with Crippen LogP contribution in [0.1, 0.15) is 34.1 Å². The molecule has 0 saturated heterocycles. The molecule has 0 saturated carbocycles. The molecule has 0 fully saturated rings. The van der Waals surface area contributed by atoms with Crippen LogP contribution in [0.15, 0.2) is 60.7 Å². The summed E-state index contributed by atoms with van der Waals surface area (Å²) in [5.41, 5.74) is 0.441. The minimum Gasteiger partial charge on any atom is -0.480 e. The van der Waals surface area contributed by atoms with Crippen LogP contribution < -0.4 is 10.1 Å². The number of nitrogens with one attached hydrogen (secondary N) is 1. The van der Waals surface area contributed by atoms with Crippen molar-refractivity contribution >= 4 is 34.3 Å². The van der Waals surface area contributed by atoms with E-state index in [2.05, 4.69) is 5.32 Å².